The van der Waals surface area contributed by atoms with Gasteiger partial charge in [0.2, 0.25) is 0 Å². The molecule has 0 amide bonds. The fraction of sp³-hybridized carbons (Fsp3) is 0.154. The number of benzene rings is 1. The molecule has 0 unspecified atom stereocenters. The van der Waals surface area contributed by atoms with Crippen molar-refractivity contribution in [1.29, 1.82) is 0 Å². The number of H-pyrrole nitrogens is 1. The van der Waals surface area contributed by atoms with E-state index in [1.54, 1.807) is 12.7 Å². The molecule has 0 radical (unpaired) electrons. The Balaban J connectivity index is 2.16. The summed E-state index contributed by atoms with van der Waals surface area (Å²) < 4.78 is 2.60. The summed E-state index contributed by atoms with van der Waals surface area (Å²) >= 11 is 5.16. The van der Waals surface area contributed by atoms with E-state index in [9.17, 15) is 0 Å². The summed E-state index contributed by atoms with van der Waals surface area (Å²) in [4.78, 5) is 11.5. The lowest BCUT2D eigenvalue weighted by molar-refractivity contribution is 0.652. The highest BCUT2D eigenvalue weighted by Crippen LogP contribution is 2.21. The molecule has 0 bridgehead atoms. The van der Waals surface area contributed by atoms with Crippen LogP contribution in [0.4, 0.5) is 0 Å². The lowest BCUT2D eigenvalue weighted by Crippen LogP contribution is -2.06. The van der Waals surface area contributed by atoms with Crippen LogP contribution in [0.5, 0.6) is 0 Å². The molecule has 1 N–H and O–H groups in total. The highest BCUT2D eigenvalue weighted by molar-refractivity contribution is 7.71. The van der Waals surface area contributed by atoms with Crippen LogP contribution in [0.1, 0.15) is 18.5 Å². The first-order valence-electron chi connectivity index (χ1n) is 5.72. The maximum atomic E-state index is 5.16. The van der Waals surface area contributed by atoms with Gasteiger partial charge in [-0.2, -0.15) is 0 Å². The fourth-order valence-electron chi connectivity index (χ4n) is 2.06. The molecule has 0 fully saturated rings. The van der Waals surface area contributed by atoms with Crippen LogP contribution in [0.25, 0.3) is 11.2 Å². The lowest BCUT2D eigenvalue weighted by Gasteiger charge is -2.14. The minimum atomic E-state index is 0.198. The van der Waals surface area contributed by atoms with Gasteiger partial charge in [-0.1, -0.05) is 42.5 Å². The average Bonchev–Trinajstić information content (AvgIpc) is 2.84. The normalized spacial score (nSPS) is 12.7. The van der Waals surface area contributed by atoms with Crippen molar-refractivity contribution < 1.29 is 0 Å². The first-order valence-corrected chi connectivity index (χ1v) is 6.13. The second-order valence-electron chi connectivity index (χ2n) is 4.14. The third-order valence-electron chi connectivity index (χ3n) is 3.08. The summed E-state index contributed by atoms with van der Waals surface area (Å²) in [7, 11) is 0. The molecule has 18 heavy (non-hydrogen) atoms. The van der Waals surface area contributed by atoms with Crippen LogP contribution in [0.2, 0.25) is 0 Å². The van der Waals surface area contributed by atoms with E-state index in [2.05, 4.69) is 38.6 Å². The molecule has 1 aromatic carbocycles. The molecule has 0 spiro atoms. The highest BCUT2D eigenvalue weighted by atomic mass is 32.1. The lowest BCUT2D eigenvalue weighted by atomic mass is 10.1. The van der Waals surface area contributed by atoms with Crippen molar-refractivity contribution in [2.45, 2.75) is 13.0 Å². The maximum Gasteiger partial charge on any atom is 0.157 e. The third kappa shape index (κ3) is 1.73. The Hall–Kier alpha value is -2.01. The molecule has 0 aliphatic rings. The van der Waals surface area contributed by atoms with Crippen molar-refractivity contribution in [3.63, 3.8) is 0 Å². The number of imidazole rings is 1. The molecular formula is C13H12N4S. The highest BCUT2D eigenvalue weighted by Gasteiger charge is 2.12. The smallest absolute Gasteiger partial charge is 0.157 e. The number of hydrogen-bond donors (Lipinski definition) is 1. The van der Waals surface area contributed by atoms with Crippen molar-refractivity contribution in [2.75, 3.05) is 0 Å². The van der Waals surface area contributed by atoms with Gasteiger partial charge in [0.05, 0.1) is 18.7 Å². The minimum Gasteiger partial charge on any atom is -0.330 e. The van der Waals surface area contributed by atoms with Gasteiger partial charge in [-0.25, -0.2) is 9.97 Å². The van der Waals surface area contributed by atoms with Crippen LogP contribution in [0.15, 0.2) is 43.0 Å². The van der Waals surface area contributed by atoms with E-state index < -0.39 is 0 Å². The molecule has 3 rings (SSSR count). The van der Waals surface area contributed by atoms with Crippen LogP contribution >= 0.6 is 12.2 Å². The summed E-state index contributed by atoms with van der Waals surface area (Å²) in [6.45, 7) is 2.13. The summed E-state index contributed by atoms with van der Waals surface area (Å²) in [5.41, 5.74) is 2.88. The Morgan fingerprint density at radius 3 is 2.78 bits per heavy atom. The van der Waals surface area contributed by atoms with E-state index in [-0.39, 0.29) is 6.04 Å². The van der Waals surface area contributed by atoms with Crippen molar-refractivity contribution >= 4 is 23.4 Å². The van der Waals surface area contributed by atoms with Gasteiger partial charge in [0.25, 0.3) is 0 Å². The Kier molecular flexibility index (Phi) is 2.68. The minimum absolute atomic E-state index is 0.198. The SMILES string of the molecule is C[C@@H](c1ccccc1)n1cnc2c(=S)nc[nH]c21. The molecule has 0 aliphatic carbocycles. The number of nitrogens with zero attached hydrogens (tertiary/aromatic N) is 3. The van der Waals surface area contributed by atoms with Crippen LogP contribution in [0, 0.1) is 4.64 Å². The average molecular weight is 256 g/mol. The standard InChI is InChI=1S/C13H12N4S/c1-9(10-5-3-2-4-6-10)17-8-16-11-12(17)14-7-15-13(11)18/h2-9H,1H3,(H,14,15,18)/t9-/m0/s1. The third-order valence-corrected chi connectivity index (χ3v) is 3.38. The van der Waals surface area contributed by atoms with E-state index in [0.29, 0.717) is 4.64 Å². The van der Waals surface area contributed by atoms with Gasteiger partial charge >= 0.3 is 0 Å². The van der Waals surface area contributed by atoms with Gasteiger partial charge in [-0.05, 0) is 12.5 Å². The molecular weight excluding hydrogens is 244 g/mol. The number of aromatic amines is 1. The quantitative estimate of drug-likeness (QED) is 0.717. The summed E-state index contributed by atoms with van der Waals surface area (Å²) in [5.74, 6) is 0. The van der Waals surface area contributed by atoms with Gasteiger partial charge < -0.3 is 9.55 Å². The van der Waals surface area contributed by atoms with Gasteiger partial charge in [0.15, 0.2) is 4.64 Å². The van der Waals surface area contributed by atoms with Crippen LogP contribution < -0.4 is 0 Å². The van der Waals surface area contributed by atoms with E-state index >= 15 is 0 Å². The molecule has 5 heteroatoms. The summed E-state index contributed by atoms with van der Waals surface area (Å²) in [6.07, 6.45) is 3.41. The number of nitrogens with one attached hydrogen (secondary N) is 1. The number of aromatic nitrogens is 4. The number of fused-ring (bicyclic) bond motifs is 1. The fourth-order valence-corrected chi connectivity index (χ4v) is 2.26. The topological polar surface area (TPSA) is 46.5 Å². The zero-order valence-electron chi connectivity index (χ0n) is 9.87. The number of hydrogen-bond acceptors (Lipinski definition) is 3. The Morgan fingerprint density at radius 1 is 1.22 bits per heavy atom. The molecule has 2 heterocycles. The predicted octanol–water partition coefficient (Wildman–Crippen LogP) is 3.10. The second kappa shape index (κ2) is 4.34. The zero-order valence-corrected chi connectivity index (χ0v) is 10.7. The van der Waals surface area contributed by atoms with Gasteiger partial charge in [0.1, 0.15) is 11.2 Å². The summed E-state index contributed by atoms with van der Waals surface area (Å²) in [6, 6.07) is 10.5. The second-order valence-corrected chi connectivity index (χ2v) is 4.53. The van der Waals surface area contributed by atoms with E-state index in [1.807, 2.05) is 18.2 Å². The Morgan fingerprint density at radius 2 is 2.00 bits per heavy atom. The van der Waals surface area contributed by atoms with Crippen molar-refractivity contribution in [1.82, 2.24) is 19.5 Å². The molecule has 2 aromatic heterocycles. The van der Waals surface area contributed by atoms with Crippen LogP contribution in [0.3, 0.4) is 0 Å². The van der Waals surface area contributed by atoms with E-state index in [0.717, 1.165) is 11.2 Å². The van der Waals surface area contributed by atoms with Gasteiger partial charge in [-0.3, -0.25) is 0 Å². The molecule has 3 aromatic rings. The zero-order chi connectivity index (χ0) is 12.5. The Labute approximate surface area is 109 Å². The summed E-state index contributed by atoms with van der Waals surface area (Å²) in [5, 5.41) is 0. The molecule has 4 nitrogen and oxygen atoms in total. The first-order chi connectivity index (χ1) is 8.77. The van der Waals surface area contributed by atoms with E-state index in [4.69, 9.17) is 12.2 Å². The van der Waals surface area contributed by atoms with Crippen molar-refractivity contribution in [3.8, 4) is 0 Å². The van der Waals surface area contributed by atoms with Gasteiger partial charge in [-0.15, -0.1) is 0 Å². The largest absolute Gasteiger partial charge is 0.330 e. The Bertz CT molecular complexity index is 729. The van der Waals surface area contributed by atoms with Crippen molar-refractivity contribution in [3.05, 3.63) is 53.2 Å². The van der Waals surface area contributed by atoms with Gasteiger partial charge in [0, 0.05) is 0 Å². The first kappa shape index (κ1) is 11.1. The maximum absolute atomic E-state index is 5.16. The van der Waals surface area contributed by atoms with Crippen LogP contribution in [-0.2, 0) is 0 Å². The molecule has 90 valence electrons. The molecule has 0 aliphatic heterocycles. The molecule has 0 saturated heterocycles. The van der Waals surface area contributed by atoms with Crippen LogP contribution in [-0.4, -0.2) is 19.5 Å². The monoisotopic (exact) mass is 256 g/mol. The predicted molar refractivity (Wildman–Crippen MR) is 73.0 cm³/mol. The molecule has 0 saturated carbocycles. The number of rotatable bonds is 2. The molecule has 1 atom stereocenters. The van der Waals surface area contributed by atoms with Crippen molar-refractivity contribution in [2.24, 2.45) is 0 Å². The van der Waals surface area contributed by atoms with E-state index in [1.165, 1.54) is 5.56 Å².